The SMILES string of the molecule is COCCn1c(SCC(=O)Nc2cccc3ccccc23)nc(C)c1C. The van der Waals surface area contributed by atoms with Crippen molar-refractivity contribution < 1.29 is 9.53 Å². The number of ether oxygens (including phenoxy) is 1. The van der Waals surface area contributed by atoms with Gasteiger partial charge in [-0.1, -0.05) is 48.2 Å². The van der Waals surface area contributed by atoms with Gasteiger partial charge in [-0.25, -0.2) is 4.98 Å². The van der Waals surface area contributed by atoms with Gasteiger partial charge in [-0.05, 0) is 25.3 Å². The van der Waals surface area contributed by atoms with Gasteiger partial charge in [0, 0.05) is 30.4 Å². The van der Waals surface area contributed by atoms with Crippen molar-refractivity contribution >= 4 is 34.1 Å². The second-order valence-corrected chi connectivity index (χ2v) is 7.02. The van der Waals surface area contributed by atoms with E-state index < -0.39 is 0 Å². The third-order valence-corrected chi connectivity index (χ3v) is 5.31. The average molecular weight is 369 g/mol. The topological polar surface area (TPSA) is 56.1 Å². The first-order valence-electron chi connectivity index (χ1n) is 8.53. The van der Waals surface area contributed by atoms with E-state index in [2.05, 4.69) is 14.9 Å². The lowest BCUT2D eigenvalue weighted by molar-refractivity contribution is -0.113. The lowest BCUT2D eigenvalue weighted by Gasteiger charge is -2.10. The van der Waals surface area contributed by atoms with E-state index in [0.717, 1.165) is 39.5 Å². The van der Waals surface area contributed by atoms with E-state index in [9.17, 15) is 4.79 Å². The van der Waals surface area contributed by atoms with Gasteiger partial charge in [-0.15, -0.1) is 0 Å². The van der Waals surface area contributed by atoms with Crippen molar-refractivity contribution in [2.45, 2.75) is 25.5 Å². The van der Waals surface area contributed by atoms with Gasteiger partial charge in [0.1, 0.15) is 0 Å². The lowest BCUT2D eigenvalue weighted by Crippen LogP contribution is -2.15. The first-order valence-corrected chi connectivity index (χ1v) is 9.52. The molecule has 6 heteroatoms. The zero-order chi connectivity index (χ0) is 18.5. The van der Waals surface area contributed by atoms with Crippen molar-refractivity contribution in [3.05, 3.63) is 53.9 Å². The Hall–Kier alpha value is -2.31. The molecule has 0 radical (unpaired) electrons. The highest BCUT2D eigenvalue weighted by Crippen LogP contribution is 2.24. The fourth-order valence-corrected chi connectivity index (χ4v) is 3.75. The predicted molar refractivity (Wildman–Crippen MR) is 107 cm³/mol. The van der Waals surface area contributed by atoms with Crippen molar-refractivity contribution in [2.75, 3.05) is 24.8 Å². The van der Waals surface area contributed by atoms with E-state index in [-0.39, 0.29) is 5.91 Å². The summed E-state index contributed by atoms with van der Waals surface area (Å²) in [6.07, 6.45) is 0. The average Bonchev–Trinajstić information content (AvgIpc) is 2.92. The number of benzene rings is 2. The Bertz CT molecular complexity index is 915. The van der Waals surface area contributed by atoms with Gasteiger partial charge in [-0.3, -0.25) is 4.79 Å². The number of nitrogens with one attached hydrogen (secondary N) is 1. The predicted octanol–water partition coefficient (Wildman–Crippen LogP) is 4.03. The molecule has 0 fully saturated rings. The summed E-state index contributed by atoms with van der Waals surface area (Å²) in [6.45, 7) is 5.37. The van der Waals surface area contributed by atoms with Crippen LogP contribution in [-0.4, -0.2) is 34.9 Å². The second kappa shape index (κ2) is 8.38. The van der Waals surface area contributed by atoms with Crippen molar-refractivity contribution in [3.8, 4) is 0 Å². The normalized spacial score (nSPS) is 11.0. The number of rotatable bonds is 7. The zero-order valence-corrected chi connectivity index (χ0v) is 16.1. The molecule has 3 rings (SSSR count). The Labute approximate surface area is 157 Å². The molecule has 0 saturated heterocycles. The van der Waals surface area contributed by atoms with Gasteiger partial charge >= 0.3 is 0 Å². The third-order valence-electron chi connectivity index (χ3n) is 4.34. The number of anilines is 1. The molecule has 0 spiro atoms. The van der Waals surface area contributed by atoms with Gasteiger partial charge in [0.2, 0.25) is 5.91 Å². The van der Waals surface area contributed by atoms with Crippen LogP contribution in [-0.2, 0) is 16.1 Å². The number of aromatic nitrogens is 2. The standard InChI is InChI=1S/C20H23N3O2S/c1-14-15(2)23(11-12-25-3)20(21-14)26-13-19(24)22-18-10-6-8-16-7-4-5-9-17(16)18/h4-10H,11-13H2,1-3H3,(H,22,24). The number of carbonyl (C=O) groups is 1. The molecule has 2 aromatic carbocycles. The minimum absolute atomic E-state index is 0.0389. The second-order valence-electron chi connectivity index (χ2n) is 6.07. The van der Waals surface area contributed by atoms with Crippen LogP contribution < -0.4 is 5.32 Å². The number of carbonyl (C=O) groups excluding carboxylic acids is 1. The Kier molecular flexibility index (Phi) is 5.96. The largest absolute Gasteiger partial charge is 0.383 e. The molecule has 5 nitrogen and oxygen atoms in total. The van der Waals surface area contributed by atoms with Crippen LogP contribution in [0.4, 0.5) is 5.69 Å². The minimum Gasteiger partial charge on any atom is -0.383 e. The van der Waals surface area contributed by atoms with E-state index in [1.165, 1.54) is 11.8 Å². The van der Waals surface area contributed by atoms with Crippen molar-refractivity contribution in [1.82, 2.24) is 9.55 Å². The number of nitrogens with zero attached hydrogens (tertiary/aromatic N) is 2. The van der Waals surface area contributed by atoms with Crippen molar-refractivity contribution in [2.24, 2.45) is 0 Å². The molecule has 1 N–H and O–H groups in total. The number of hydrogen-bond donors (Lipinski definition) is 1. The first kappa shape index (κ1) is 18.5. The number of thioether (sulfide) groups is 1. The molecule has 0 aliphatic heterocycles. The van der Waals surface area contributed by atoms with Gasteiger partial charge in [0.05, 0.1) is 18.1 Å². The van der Waals surface area contributed by atoms with E-state index in [1.54, 1.807) is 7.11 Å². The maximum absolute atomic E-state index is 12.5. The molecule has 0 bridgehead atoms. The molecule has 0 aliphatic carbocycles. The van der Waals surface area contributed by atoms with Gasteiger partial charge in [0.25, 0.3) is 0 Å². The molecular weight excluding hydrogens is 346 g/mol. The van der Waals surface area contributed by atoms with E-state index >= 15 is 0 Å². The summed E-state index contributed by atoms with van der Waals surface area (Å²) in [4.78, 5) is 17.0. The fraction of sp³-hybridized carbons (Fsp3) is 0.300. The molecule has 136 valence electrons. The number of hydrogen-bond acceptors (Lipinski definition) is 4. The van der Waals surface area contributed by atoms with Gasteiger partial charge in [0.15, 0.2) is 5.16 Å². The van der Waals surface area contributed by atoms with E-state index in [0.29, 0.717) is 12.4 Å². The molecular formula is C20H23N3O2S. The van der Waals surface area contributed by atoms with Crippen LogP contribution in [0.3, 0.4) is 0 Å². The molecule has 1 amide bonds. The van der Waals surface area contributed by atoms with Crippen LogP contribution in [0.1, 0.15) is 11.4 Å². The molecule has 0 aliphatic rings. The van der Waals surface area contributed by atoms with Crippen molar-refractivity contribution in [3.63, 3.8) is 0 Å². The van der Waals surface area contributed by atoms with Crippen LogP contribution in [0, 0.1) is 13.8 Å². The summed E-state index contributed by atoms with van der Waals surface area (Å²) in [6, 6.07) is 13.9. The molecule has 1 aromatic heterocycles. The number of aryl methyl sites for hydroxylation is 1. The lowest BCUT2D eigenvalue weighted by atomic mass is 10.1. The van der Waals surface area contributed by atoms with Crippen LogP contribution in [0.5, 0.6) is 0 Å². The number of amides is 1. The smallest absolute Gasteiger partial charge is 0.234 e. The Morgan fingerprint density at radius 3 is 2.77 bits per heavy atom. The summed E-state index contributed by atoms with van der Waals surface area (Å²) in [5.74, 6) is 0.273. The molecule has 3 aromatic rings. The van der Waals surface area contributed by atoms with Gasteiger partial charge < -0.3 is 14.6 Å². The summed E-state index contributed by atoms with van der Waals surface area (Å²) in [5, 5.41) is 6.02. The van der Waals surface area contributed by atoms with Crippen LogP contribution in [0.15, 0.2) is 47.6 Å². The summed E-state index contributed by atoms with van der Waals surface area (Å²) < 4.78 is 7.28. The highest BCUT2D eigenvalue weighted by Gasteiger charge is 2.14. The summed E-state index contributed by atoms with van der Waals surface area (Å²) >= 11 is 1.45. The highest BCUT2D eigenvalue weighted by molar-refractivity contribution is 7.99. The summed E-state index contributed by atoms with van der Waals surface area (Å²) in [5.41, 5.74) is 2.93. The van der Waals surface area contributed by atoms with E-state index in [1.807, 2.05) is 56.3 Å². The quantitative estimate of drug-likeness (QED) is 0.639. The number of methoxy groups -OCH3 is 1. The summed E-state index contributed by atoms with van der Waals surface area (Å²) in [7, 11) is 1.68. The molecule has 26 heavy (non-hydrogen) atoms. The Morgan fingerprint density at radius 1 is 1.19 bits per heavy atom. The van der Waals surface area contributed by atoms with Crippen molar-refractivity contribution in [1.29, 1.82) is 0 Å². The van der Waals surface area contributed by atoms with Crippen LogP contribution in [0.2, 0.25) is 0 Å². The van der Waals surface area contributed by atoms with E-state index in [4.69, 9.17) is 4.74 Å². The van der Waals surface area contributed by atoms with Crippen LogP contribution in [0.25, 0.3) is 10.8 Å². The molecule has 0 unspecified atom stereocenters. The Morgan fingerprint density at radius 2 is 1.96 bits per heavy atom. The minimum atomic E-state index is -0.0389. The molecule has 0 atom stereocenters. The number of fused-ring (bicyclic) bond motifs is 1. The monoisotopic (exact) mass is 369 g/mol. The van der Waals surface area contributed by atoms with Crippen LogP contribution >= 0.6 is 11.8 Å². The maximum atomic E-state index is 12.5. The fourth-order valence-electron chi connectivity index (χ4n) is 2.83. The maximum Gasteiger partial charge on any atom is 0.234 e. The first-order chi connectivity index (χ1) is 12.6. The van der Waals surface area contributed by atoms with Gasteiger partial charge in [-0.2, -0.15) is 0 Å². The zero-order valence-electron chi connectivity index (χ0n) is 15.3. The highest BCUT2D eigenvalue weighted by atomic mass is 32.2. The third kappa shape index (κ3) is 4.08. The Balaban J connectivity index is 1.69. The molecule has 0 saturated carbocycles. The number of imidazole rings is 1. The molecule has 1 heterocycles.